The molecule has 1 aromatic heterocycles. The van der Waals surface area contributed by atoms with Crippen molar-refractivity contribution in [2.75, 3.05) is 12.4 Å². The zero-order valence-corrected chi connectivity index (χ0v) is 11.2. The van der Waals surface area contributed by atoms with Crippen molar-refractivity contribution in [2.45, 2.75) is 13.0 Å². The number of hydrogen-bond acceptors (Lipinski definition) is 3. The lowest BCUT2D eigenvalue weighted by Crippen LogP contribution is -2.14. The zero-order valence-electron chi connectivity index (χ0n) is 10.5. The quantitative estimate of drug-likeness (QED) is 0.915. The highest BCUT2D eigenvalue weighted by atomic mass is 35.5. The Morgan fingerprint density at radius 1 is 1.53 bits per heavy atom. The number of carbonyl (C=O) groups excluding carboxylic acids is 1. The number of benzene rings is 1. The molecule has 100 valence electrons. The molecule has 0 aliphatic heterocycles. The first-order valence-electron chi connectivity index (χ1n) is 5.79. The van der Waals surface area contributed by atoms with Crippen molar-refractivity contribution in [2.24, 2.45) is 0 Å². The molecule has 2 aromatic rings. The van der Waals surface area contributed by atoms with Gasteiger partial charge in [-0.15, -0.1) is 0 Å². The van der Waals surface area contributed by atoms with Crippen LogP contribution in [0.25, 0.3) is 0 Å². The normalized spacial score (nSPS) is 10.2. The molecule has 0 fully saturated rings. The monoisotopic (exact) mass is 279 g/mol. The van der Waals surface area contributed by atoms with E-state index in [4.69, 9.17) is 16.3 Å². The predicted molar refractivity (Wildman–Crippen MR) is 73.5 cm³/mol. The van der Waals surface area contributed by atoms with E-state index in [0.717, 1.165) is 0 Å². The molecule has 5 nitrogen and oxygen atoms in total. The molecule has 1 heterocycles. The number of aryl methyl sites for hydroxylation is 1. The number of hydrogen-bond donors (Lipinski definition) is 1. The van der Waals surface area contributed by atoms with E-state index in [0.29, 0.717) is 29.4 Å². The van der Waals surface area contributed by atoms with Crippen LogP contribution in [-0.4, -0.2) is 22.8 Å². The van der Waals surface area contributed by atoms with Crippen LogP contribution in [0.5, 0.6) is 5.75 Å². The number of rotatable bonds is 5. The van der Waals surface area contributed by atoms with Crippen molar-refractivity contribution in [1.29, 1.82) is 0 Å². The molecule has 0 saturated heterocycles. The summed E-state index contributed by atoms with van der Waals surface area (Å²) in [6.07, 6.45) is 3.55. The molecular formula is C13H14ClN3O2. The highest BCUT2D eigenvalue weighted by molar-refractivity contribution is 6.30. The minimum Gasteiger partial charge on any atom is -0.497 e. The summed E-state index contributed by atoms with van der Waals surface area (Å²) in [4.78, 5) is 11.8. The molecule has 0 spiro atoms. The van der Waals surface area contributed by atoms with Gasteiger partial charge in [-0.05, 0) is 12.1 Å². The summed E-state index contributed by atoms with van der Waals surface area (Å²) < 4.78 is 6.72. The van der Waals surface area contributed by atoms with Crippen LogP contribution in [0, 0.1) is 0 Å². The Labute approximate surface area is 116 Å². The summed E-state index contributed by atoms with van der Waals surface area (Å²) >= 11 is 5.74. The number of carbonyl (C=O) groups is 1. The van der Waals surface area contributed by atoms with E-state index in [1.807, 2.05) is 18.2 Å². The second-order valence-electron chi connectivity index (χ2n) is 3.95. The molecule has 0 aliphatic carbocycles. The van der Waals surface area contributed by atoms with Crippen LogP contribution in [0.4, 0.5) is 5.69 Å². The van der Waals surface area contributed by atoms with Crippen molar-refractivity contribution in [3.63, 3.8) is 0 Å². The first-order chi connectivity index (χ1) is 9.17. The molecule has 0 atom stereocenters. The van der Waals surface area contributed by atoms with Crippen LogP contribution in [0.2, 0.25) is 5.02 Å². The van der Waals surface area contributed by atoms with Gasteiger partial charge in [-0.2, -0.15) is 5.10 Å². The van der Waals surface area contributed by atoms with Crippen LogP contribution in [0.1, 0.15) is 6.42 Å². The maximum atomic E-state index is 11.8. The Morgan fingerprint density at radius 3 is 3.05 bits per heavy atom. The van der Waals surface area contributed by atoms with E-state index in [2.05, 4.69) is 10.4 Å². The average Bonchev–Trinajstić information content (AvgIpc) is 2.82. The molecule has 0 bridgehead atoms. The van der Waals surface area contributed by atoms with E-state index in [1.165, 1.54) is 0 Å². The topological polar surface area (TPSA) is 56.1 Å². The summed E-state index contributed by atoms with van der Waals surface area (Å²) in [5.74, 6) is 0.622. The Balaban J connectivity index is 1.86. The third kappa shape index (κ3) is 3.99. The third-order valence-corrected chi connectivity index (χ3v) is 2.72. The van der Waals surface area contributed by atoms with E-state index in [9.17, 15) is 4.79 Å². The molecule has 1 N–H and O–H groups in total. The fourth-order valence-corrected chi connectivity index (χ4v) is 1.76. The number of halogens is 1. The zero-order chi connectivity index (χ0) is 13.7. The van der Waals surface area contributed by atoms with Gasteiger partial charge in [0.05, 0.1) is 18.3 Å². The summed E-state index contributed by atoms with van der Waals surface area (Å²) in [5, 5.41) is 7.37. The van der Waals surface area contributed by atoms with Gasteiger partial charge in [0, 0.05) is 30.9 Å². The number of amides is 1. The van der Waals surface area contributed by atoms with E-state index in [1.54, 1.807) is 30.3 Å². The highest BCUT2D eigenvalue weighted by Gasteiger charge is 2.04. The minimum absolute atomic E-state index is 0.0834. The second-order valence-corrected chi connectivity index (χ2v) is 4.39. The molecule has 0 radical (unpaired) electrons. The van der Waals surface area contributed by atoms with Gasteiger partial charge in [0.15, 0.2) is 0 Å². The van der Waals surface area contributed by atoms with Gasteiger partial charge in [-0.25, -0.2) is 0 Å². The fourth-order valence-electron chi connectivity index (χ4n) is 1.60. The van der Waals surface area contributed by atoms with Crippen molar-refractivity contribution in [3.05, 3.63) is 41.7 Å². The van der Waals surface area contributed by atoms with Crippen molar-refractivity contribution >= 4 is 23.2 Å². The lowest BCUT2D eigenvalue weighted by atomic mass is 10.3. The van der Waals surface area contributed by atoms with Gasteiger partial charge in [0.1, 0.15) is 5.75 Å². The maximum absolute atomic E-state index is 11.8. The number of aromatic nitrogens is 2. The Kier molecular flexibility index (Phi) is 4.41. The molecule has 1 amide bonds. The number of ether oxygens (including phenoxy) is 1. The van der Waals surface area contributed by atoms with Gasteiger partial charge in [-0.3, -0.25) is 9.48 Å². The SMILES string of the molecule is COc1cccc(NC(=O)CCn2cc(Cl)cn2)c1. The van der Waals surface area contributed by atoms with E-state index < -0.39 is 0 Å². The predicted octanol–water partition coefficient (Wildman–Crippen LogP) is 2.57. The average molecular weight is 280 g/mol. The summed E-state index contributed by atoms with van der Waals surface area (Å²) in [6.45, 7) is 0.489. The van der Waals surface area contributed by atoms with Crippen molar-refractivity contribution in [1.82, 2.24) is 9.78 Å². The third-order valence-electron chi connectivity index (χ3n) is 2.52. The maximum Gasteiger partial charge on any atom is 0.226 e. The standard InChI is InChI=1S/C13H14ClN3O2/c1-19-12-4-2-3-11(7-12)16-13(18)5-6-17-9-10(14)8-15-17/h2-4,7-9H,5-6H2,1H3,(H,16,18). The van der Waals surface area contributed by atoms with Crippen LogP contribution >= 0.6 is 11.6 Å². The van der Waals surface area contributed by atoms with Gasteiger partial charge < -0.3 is 10.1 Å². The smallest absolute Gasteiger partial charge is 0.226 e. The minimum atomic E-state index is -0.0834. The fraction of sp³-hybridized carbons (Fsp3) is 0.231. The Hall–Kier alpha value is -2.01. The molecule has 2 rings (SSSR count). The van der Waals surface area contributed by atoms with Crippen LogP contribution in [-0.2, 0) is 11.3 Å². The molecule has 0 unspecified atom stereocenters. The second kappa shape index (κ2) is 6.24. The van der Waals surface area contributed by atoms with Crippen LogP contribution in [0.15, 0.2) is 36.7 Å². The largest absolute Gasteiger partial charge is 0.497 e. The van der Waals surface area contributed by atoms with Crippen LogP contribution in [0.3, 0.4) is 0 Å². The van der Waals surface area contributed by atoms with Gasteiger partial charge in [-0.1, -0.05) is 17.7 Å². The highest BCUT2D eigenvalue weighted by Crippen LogP contribution is 2.16. The lowest BCUT2D eigenvalue weighted by molar-refractivity contribution is -0.116. The molecular weight excluding hydrogens is 266 g/mol. The van der Waals surface area contributed by atoms with Gasteiger partial charge >= 0.3 is 0 Å². The Morgan fingerprint density at radius 2 is 2.37 bits per heavy atom. The number of anilines is 1. The molecule has 6 heteroatoms. The molecule has 0 saturated carbocycles. The first kappa shape index (κ1) is 13.4. The summed E-state index contributed by atoms with van der Waals surface area (Å²) in [6, 6.07) is 7.22. The van der Waals surface area contributed by atoms with Gasteiger partial charge in [0.25, 0.3) is 0 Å². The Bertz CT molecular complexity index is 569. The van der Waals surface area contributed by atoms with Crippen molar-refractivity contribution in [3.8, 4) is 5.75 Å². The molecule has 0 aliphatic rings. The van der Waals surface area contributed by atoms with E-state index >= 15 is 0 Å². The van der Waals surface area contributed by atoms with Crippen LogP contribution < -0.4 is 10.1 Å². The molecule has 1 aromatic carbocycles. The van der Waals surface area contributed by atoms with Gasteiger partial charge in [0.2, 0.25) is 5.91 Å². The summed E-state index contributed by atoms with van der Waals surface area (Å²) in [5.41, 5.74) is 0.711. The molecule has 19 heavy (non-hydrogen) atoms. The first-order valence-corrected chi connectivity index (χ1v) is 6.17. The van der Waals surface area contributed by atoms with Crippen molar-refractivity contribution < 1.29 is 9.53 Å². The summed E-state index contributed by atoms with van der Waals surface area (Å²) in [7, 11) is 1.59. The lowest BCUT2D eigenvalue weighted by Gasteiger charge is -2.07. The number of nitrogens with one attached hydrogen (secondary N) is 1. The number of nitrogens with zero attached hydrogens (tertiary/aromatic N) is 2. The number of methoxy groups -OCH3 is 1. The van der Waals surface area contributed by atoms with E-state index in [-0.39, 0.29) is 5.91 Å².